The van der Waals surface area contributed by atoms with Gasteiger partial charge in [-0.3, -0.25) is 4.79 Å². The number of nitrogens with zero attached hydrogens (tertiary/aromatic N) is 1. The molecule has 0 aromatic carbocycles. The van der Waals surface area contributed by atoms with Crippen molar-refractivity contribution in [3.63, 3.8) is 0 Å². The van der Waals surface area contributed by atoms with Crippen LogP contribution in [0, 0.1) is 11.8 Å². The van der Waals surface area contributed by atoms with E-state index in [1.807, 2.05) is 18.3 Å². The summed E-state index contributed by atoms with van der Waals surface area (Å²) in [6.07, 6.45) is 5.44. The first-order valence-electron chi connectivity index (χ1n) is 7.11. The highest BCUT2D eigenvalue weighted by Crippen LogP contribution is 2.28. The monoisotopic (exact) mass is 278 g/mol. The average molecular weight is 278 g/mol. The normalized spacial score (nSPS) is 22.4. The number of hydrogen-bond acceptors (Lipinski definition) is 4. The van der Waals surface area contributed by atoms with E-state index in [1.54, 1.807) is 7.11 Å². The summed E-state index contributed by atoms with van der Waals surface area (Å²) in [7, 11) is 1.60. The van der Waals surface area contributed by atoms with Crippen molar-refractivity contribution >= 4 is 5.97 Å². The summed E-state index contributed by atoms with van der Waals surface area (Å²) in [4.78, 5) is 15.0. The van der Waals surface area contributed by atoms with Crippen LogP contribution in [-0.2, 0) is 11.3 Å². The Kier molecular flexibility index (Phi) is 5.35. The maximum Gasteiger partial charge on any atom is 0.306 e. The van der Waals surface area contributed by atoms with E-state index in [2.05, 4.69) is 10.3 Å². The van der Waals surface area contributed by atoms with Crippen LogP contribution < -0.4 is 10.1 Å². The van der Waals surface area contributed by atoms with Gasteiger partial charge in [0.05, 0.1) is 13.0 Å². The van der Waals surface area contributed by atoms with Gasteiger partial charge in [-0.15, -0.1) is 0 Å². The lowest BCUT2D eigenvalue weighted by Crippen LogP contribution is -2.28. The highest BCUT2D eigenvalue weighted by molar-refractivity contribution is 5.69. The SMILES string of the molecule is COc1ccc(CNCC2CCC(C(=O)O)CC2)cn1. The van der Waals surface area contributed by atoms with Crippen LogP contribution in [-0.4, -0.2) is 29.7 Å². The van der Waals surface area contributed by atoms with Crippen LogP contribution in [0.1, 0.15) is 31.2 Å². The van der Waals surface area contributed by atoms with Crippen molar-refractivity contribution < 1.29 is 14.6 Å². The standard InChI is InChI=1S/C15H22N2O3/c1-20-14-7-4-12(10-17-14)9-16-8-11-2-5-13(6-3-11)15(18)19/h4,7,10-11,13,16H,2-3,5-6,8-9H2,1H3,(H,18,19). The maximum atomic E-state index is 10.9. The lowest BCUT2D eigenvalue weighted by molar-refractivity contribution is -0.143. The van der Waals surface area contributed by atoms with Crippen LogP contribution in [0.3, 0.4) is 0 Å². The Bertz CT molecular complexity index is 425. The number of nitrogens with one attached hydrogen (secondary N) is 1. The summed E-state index contributed by atoms with van der Waals surface area (Å²) in [5.41, 5.74) is 1.13. The molecule has 0 saturated heterocycles. The number of aromatic nitrogens is 1. The van der Waals surface area contributed by atoms with E-state index in [0.717, 1.165) is 44.3 Å². The Morgan fingerprint density at radius 3 is 2.70 bits per heavy atom. The summed E-state index contributed by atoms with van der Waals surface area (Å²) >= 11 is 0. The first kappa shape index (κ1) is 14.8. The van der Waals surface area contributed by atoms with Crippen molar-refractivity contribution in [1.29, 1.82) is 0 Å². The molecule has 0 atom stereocenters. The van der Waals surface area contributed by atoms with E-state index in [-0.39, 0.29) is 5.92 Å². The van der Waals surface area contributed by atoms with Crippen molar-refractivity contribution in [3.05, 3.63) is 23.9 Å². The van der Waals surface area contributed by atoms with Crippen molar-refractivity contribution in [1.82, 2.24) is 10.3 Å². The molecule has 20 heavy (non-hydrogen) atoms. The Balaban J connectivity index is 1.67. The lowest BCUT2D eigenvalue weighted by atomic mass is 9.82. The zero-order valence-corrected chi connectivity index (χ0v) is 11.8. The number of hydrogen-bond donors (Lipinski definition) is 2. The smallest absolute Gasteiger partial charge is 0.306 e. The molecular weight excluding hydrogens is 256 g/mol. The zero-order chi connectivity index (χ0) is 14.4. The van der Waals surface area contributed by atoms with E-state index in [9.17, 15) is 4.79 Å². The molecule has 0 spiro atoms. The fourth-order valence-electron chi connectivity index (χ4n) is 2.67. The molecule has 5 heteroatoms. The molecule has 0 radical (unpaired) electrons. The fourth-order valence-corrected chi connectivity index (χ4v) is 2.67. The van der Waals surface area contributed by atoms with Crippen LogP contribution in [0.15, 0.2) is 18.3 Å². The topological polar surface area (TPSA) is 71.5 Å². The minimum absolute atomic E-state index is 0.128. The minimum Gasteiger partial charge on any atom is -0.481 e. The van der Waals surface area contributed by atoms with Gasteiger partial charge in [0.15, 0.2) is 0 Å². The quantitative estimate of drug-likeness (QED) is 0.833. The number of carbonyl (C=O) groups is 1. The molecule has 1 aliphatic carbocycles. The van der Waals surface area contributed by atoms with E-state index < -0.39 is 5.97 Å². The average Bonchev–Trinajstić information content (AvgIpc) is 2.48. The van der Waals surface area contributed by atoms with E-state index in [4.69, 9.17) is 9.84 Å². The molecule has 0 bridgehead atoms. The van der Waals surface area contributed by atoms with Gasteiger partial charge < -0.3 is 15.2 Å². The predicted octanol–water partition coefficient (Wildman–Crippen LogP) is 2.07. The first-order valence-corrected chi connectivity index (χ1v) is 7.11. The van der Waals surface area contributed by atoms with E-state index >= 15 is 0 Å². The molecule has 1 fully saturated rings. The summed E-state index contributed by atoms with van der Waals surface area (Å²) in [6, 6.07) is 3.86. The van der Waals surface area contributed by atoms with Crippen molar-refractivity contribution in [2.24, 2.45) is 11.8 Å². The fraction of sp³-hybridized carbons (Fsp3) is 0.600. The molecule has 5 nitrogen and oxygen atoms in total. The minimum atomic E-state index is -0.638. The third-order valence-corrected chi connectivity index (χ3v) is 3.96. The second-order valence-corrected chi connectivity index (χ2v) is 5.40. The summed E-state index contributed by atoms with van der Waals surface area (Å²) in [5, 5.41) is 12.4. The second-order valence-electron chi connectivity index (χ2n) is 5.40. The Labute approximate surface area is 119 Å². The summed E-state index contributed by atoms with van der Waals surface area (Å²) in [6.45, 7) is 1.73. The number of aliphatic carboxylic acids is 1. The molecule has 1 saturated carbocycles. The first-order chi connectivity index (χ1) is 9.69. The largest absolute Gasteiger partial charge is 0.481 e. The van der Waals surface area contributed by atoms with Gasteiger partial charge in [-0.1, -0.05) is 6.07 Å². The summed E-state index contributed by atoms with van der Waals surface area (Å²) < 4.78 is 5.02. The third-order valence-electron chi connectivity index (χ3n) is 3.96. The molecule has 0 aliphatic heterocycles. The van der Waals surface area contributed by atoms with Crippen molar-refractivity contribution in [3.8, 4) is 5.88 Å². The van der Waals surface area contributed by atoms with Gasteiger partial charge >= 0.3 is 5.97 Å². The van der Waals surface area contributed by atoms with E-state index in [0.29, 0.717) is 11.8 Å². The van der Waals surface area contributed by atoms with Gasteiger partial charge in [-0.05, 0) is 43.7 Å². The number of carboxylic acid groups (broad SMARTS) is 1. The predicted molar refractivity (Wildman–Crippen MR) is 75.6 cm³/mol. The molecule has 1 aromatic rings. The molecule has 2 rings (SSSR count). The van der Waals surface area contributed by atoms with Crippen molar-refractivity contribution in [2.75, 3.05) is 13.7 Å². The molecule has 1 heterocycles. The van der Waals surface area contributed by atoms with E-state index in [1.165, 1.54) is 0 Å². The molecule has 1 aliphatic rings. The zero-order valence-electron chi connectivity index (χ0n) is 11.8. The molecule has 110 valence electrons. The highest BCUT2D eigenvalue weighted by Gasteiger charge is 2.25. The molecule has 0 unspecified atom stereocenters. The number of methoxy groups -OCH3 is 1. The van der Waals surface area contributed by atoms with Crippen molar-refractivity contribution in [2.45, 2.75) is 32.2 Å². The van der Waals surface area contributed by atoms with Gasteiger partial charge in [0.2, 0.25) is 5.88 Å². The van der Waals surface area contributed by atoms with Crippen LogP contribution in [0.4, 0.5) is 0 Å². The Morgan fingerprint density at radius 2 is 2.15 bits per heavy atom. The van der Waals surface area contributed by atoms with Crippen LogP contribution in [0.25, 0.3) is 0 Å². The van der Waals surface area contributed by atoms with Gasteiger partial charge in [-0.2, -0.15) is 0 Å². The molecule has 1 aromatic heterocycles. The molecule has 0 amide bonds. The third kappa shape index (κ3) is 4.20. The van der Waals surface area contributed by atoms with Gasteiger partial charge in [0.25, 0.3) is 0 Å². The van der Waals surface area contributed by atoms with Crippen LogP contribution >= 0.6 is 0 Å². The number of pyridine rings is 1. The number of ether oxygens (including phenoxy) is 1. The van der Waals surface area contributed by atoms with Gasteiger partial charge in [0.1, 0.15) is 0 Å². The highest BCUT2D eigenvalue weighted by atomic mass is 16.5. The second kappa shape index (κ2) is 7.24. The maximum absolute atomic E-state index is 10.9. The number of carboxylic acids is 1. The van der Waals surface area contributed by atoms with Crippen LogP contribution in [0.5, 0.6) is 5.88 Å². The molecular formula is C15H22N2O3. The van der Waals surface area contributed by atoms with Gasteiger partial charge in [-0.25, -0.2) is 4.98 Å². The summed E-state index contributed by atoms with van der Waals surface area (Å²) in [5.74, 6) is 0.454. The number of rotatable bonds is 6. The Morgan fingerprint density at radius 1 is 1.40 bits per heavy atom. The lowest BCUT2D eigenvalue weighted by Gasteiger charge is -2.26. The van der Waals surface area contributed by atoms with Crippen LogP contribution in [0.2, 0.25) is 0 Å². The molecule has 2 N–H and O–H groups in total. The Hall–Kier alpha value is -1.62. The van der Waals surface area contributed by atoms with Gasteiger partial charge in [0, 0.05) is 18.8 Å².